The summed E-state index contributed by atoms with van der Waals surface area (Å²) >= 11 is 0. The SMILES string of the molecule is CN(C)C[C@H](NC(=O)c1ccc(N2CCCC2=O)cc1)c1ccccc1. The van der Waals surface area contributed by atoms with Gasteiger partial charge in [-0.1, -0.05) is 30.3 Å². The molecule has 0 unspecified atom stereocenters. The number of benzene rings is 2. The van der Waals surface area contributed by atoms with Crippen LogP contribution in [0.3, 0.4) is 0 Å². The van der Waals surface area contributed by atoms with Gasteiger partial charge in [0, 0.05) is 30.8 Å². The van der Waals surface area contributed by atoms with Crippen molar-refractivity contribution in [2.45, 2.75) is 18.9 Å². The van der Waals surface area contributed by atoms with Gasteiger partial charge in [-0.25, -0.2) is 0 Å². The van der Waals surface area contributed by atoms with E-state index < -0.39 is 0 Å². The molecule has 3 rings (SSSR count). The van der Waals surface area contributed by atoms with E-state index >= 15 is 0 Å². The Morgan fingerprint density at radius 1 is 1.12 bits per heavy atom. The minimum atomic E-state index is -0.111. The number of anilines is 1. The average Bonchev–Trinajstić information content (AvgIpc) is 3.07. The van der Waals surface area contributed by atoms with Crippen molar-refractivity contribution in [3.05, 3.63) is 65.7 Å². The normalized spacial score (nSPS) is 15.3. The van der Waals surface area contributed by atoms with Crippen LogP contribution in [0.1, 0.15) is 34.8 Å². The maximum Gasteiger partial charge on any atom is 0.251 e. The lowest BCUT2D eigenvalue weighted by Gasteiger charge is -2.23. The first kappa shape index (κ1) is 18.1. The zero-order valence-corrected chi connectivity index (χ0v) is 15.3. The number of likely N-dealkylation sites (N-methyl/N-ethyl adjacent to an activating group) is 1. The average molecular weight is 351 g/mol. The van der Waals surface area contributed by atoms with Gasteiger partial charge in [0.15, 0.2) is 0 Å². The fourth-order valence-electron chi connectivity index (χ4n) is 3.24. The third-order valence-corrected chi connectivity index (χ3v) is 4.57. The molecule has 0 bridgehead atoms. The molecule has 0 spiro atoms. The molecular formula is C21H25N3O2. The molecule has 1 saturated heterocycles. The van der Waals surface area contributed by atoms with Gasteiger partial charge in [0.2, 0.25) is 5.91 Å². The molecule has 1 fully saturated rings. The van der Waals surface area contributed by atoms with Crippen LogP contribution in [-0.4, -0.2) is 43.9 Å². The van der Waals surface area contributed by atoms with E-state index in [1.54, 1.807) is 17.0 Å². The highest BCUT2D eigenvalue weighted by atomic mass is 16.2. The van der Waals surface area contributed by atoms with Gasteiger partial charge < -0.3 is 15.1 Å². The monoisotopic (exact) mass is 351 g/mol. The number of rotatable bonds is 6. The second kappa shape index (κ2) is 8.15. The van der Waals surface area contributed by atoms with Crippen LogP contribution < -0.4 is 10.2 Å². The second-order valence-corrected chi connectivity index (χ2v) is 6.89. The summed E-state index contributed by atoms with van der Waals surface area (Å²) in [6, 6.07) is 17.2. The summed E-state index contributed by atoms with van der Waals surface area (Å²) in [5, 5.41) is 3.12. The molecule has 0 radical (unpaired) electrons. The Morgan fingerprint density at radius 3 is 2.38 bits per heavy atom. The molecule has 26 heavy (non-hydrogen) atoms. The molecular weight excluding hydrogens is 326 g/mol. The third kappa shape index (κ3) is 4.29. The summed E-state index contributed by atoms with van der Waals surface area (Å²) in [5.41, 5.74) is 2.53. The molecule has 5 nitrogen and oxygen atoms in total. The summed E-state index contributed by atoms with van der Waals surface area (Å²) in [6.45, 7) is 1.47. The topological polar surface area (TPSA) is 52.7 Å². The van der Waals surface area contributed by atoms with Gasteiger partial charge in [-0.3, -0.25) is 9.59 Å². The van der Waals surface area contributed by atoms with Crippen LogP contribution in [0.5, 0.6) is 0 Å². The van der Waals surface area contributed by atoms with E-state index in [0.717, 1.165) is 30.8 Å². The standard InChI is InChI=1S/C21H25N3O2/c1-23(2)15-19(16-7-4-3-5-8-16)22-21(26)17-10-12-18(13-11-17)24-14-6-9-20(24)25/h3-5,7-8,10-13,19H,6,9,14-15H2,1-2H3,(H,22,26)/t19-/m0/s1. The Kier molecular flexibility index (Phi) is 5.68. The minimum Gasteiger partial charge on any atom is -0.344 e. The molecule has 1 N–H and O–H groups in total. The van der Waals surface area contributed by atoms with Crippen LogP contribution in [0.25, 0.3) is 0 Å². The molecule has 2 aromatic rings. The van der Waals surface area contributed by atoms with Crippen LogP contribution >= 0.6 is 0 Å². The highest BCUT2D eigenvalue weighted by Crippen LogP contribution is 2.22. The Morgan fingerprint density at radius 2 is 1.81 bits per heavy atom. The number of hydrogen-bond donors (Lipinski definition) is 1. The third-order valence-electron chi connectivity index (χ3n) is 4.57. The molecule has 0 saturated carbocycles. The second-order valence-electron chi connectivity index (χ2n) is 6.89. The predicted molar refractivity (Wildman–Crippen MR) is 103 cm³/mol. The van der Waals surface area contributed by atoms with Gasteiger partial charge in [-0.15, -0.1) is 0 Å². The first-order chi connectivity index (χ1) is 12.5. The van der Waals surface area contributed by atoms with Crippen LogP contribution in [-0.2, 0) is 4.79 Å². The van der Waals surface area contributed by atoms with Crippen molar-refractivity contribution < 1.29 is 9.59 Å². The zero-order valence-electron chi connectivity index (χ0n) is 15.3. The molecule has 0 aromatic heterocycles. The lowest BCUT2D eigenvalue weighted by Crippen LogP contribution is -2.35. The summed E-state index contributed by atoms with van der Waals surface area (Å²) < 4.78 is 0. The van der Waals surface area contributed by atoms with E-state index in [4.69, 9.17) is 0 Å². The Balaban J connectivity index is 1.72. The van der Waals surface area contributed by atoms with E-state index in [0.29, 0.717) is 12.0 Å². The highest BCUT2D eigenvalue weighted by Gasteiger charge is 2.22. The first-order valence-electron chi connectivity index (χ1n) is 8.95. The van der Waals surface area contributed by atoms with E-state index in [-0.39, 0.29) is 17.9 Å². The van der Waals surface area contributed by atoms with Crippen LogP contribution in [0.2, 0.25) is 0 Å². The summed E-state index contributed by atoms with van der Waals surface area (Å²) in [5.74, 6) is 0.0392. The van der Waals surface area contributed by atoms with Gasteiger partial charge in [0.1, 0.15) is 0 Å². The van der Waals surface area contributed by atoms with Crippen molar-refractivity contribution in [3.63, 3.8) is 0 Å². The van der Waals surface area contributed by atoms with Crippen LogP contribution in [0.15, 0.2) is 54.6 Å². The van der Waals surface area contributed by atoms with Crippen molar-refractivity contribution in [1.82, 2.24) is 10.2 Å². The Bertz CT molecular complexity index is 757. The van der Waals surface area contributed by atoms with E-state index in [1.807, 2.05) is 56.6 Å². The Hall–Kier alpha value is -2.66. The largest absolute Gasteiger partial charge is 0.344 e. The fourth-order valence-corrected chi connectivity index (χ4v) is 3.24. The first-order valence-corrected chi connectivity index (χ1v) is 8.95. The van der Waals surface area contributed by atoms with Crippen molar-refractivity contribution in [2.24, 2.45) is 0 Å². The molecule has 0 aliphatic carbocycles. The van der Waals surface area contributed by atoms with Gasteiger partial charge in [-0.2, -0.15) is 0 Å². The Labute approximate surface area is 154 Å². The smallest absolute Gasteiger partial charge is 0.251 e. The highest BCUT2D eigenvalue weighted by molar-refractivity contribution is 5.97. The zero-order chi connectivity index (χ0) is 18.5. The predicted octanol–water partition coefficient (Wildman–Crippen LogP) is 2.85. The quantitative estimate of drug-likeness (QED) is 0.871. The maximum absolute atomic E-state index is 12.7. The molecule has 136 valence electrons. The summed E-state index contributed by atoms with van der Waals surface area (Å²) in [7, 11) is 3.98. The van der Waals surface area contributed by atoms with Crippen molar-refractivity contribution in [3.8, 4) is 0 Å². The van der Waals surface area contributed by atoms with Crippen molar-refractivity contribution in [1.29, 1.82) is 0 Å². The maximum atomic E-state index is 12.7. The van der Waals surface area contributed by atoms with Crippen molar-refractivity contribution in [2.75, 3.05) is 32.1 Å². The number of nitrogens with one attached hydrogen (secondary N) is 1. The molecule has 1 atom stereocenters. The minimum absolute atomic E-state index is 0.0847. The molecule has 2 amide bonds. The van der Waals surface area contributed by atoms with E-state index in [2.05, 4.69) is 10.2 Å². The molecule has 1 heterocycles. The molecule has 1 aliphatic rings. The van der Waals surface area contributed by atoms with Gasteiger partial charge in [-0.05, 0) is 50.3 Å². The molecule has 5 heteroatoms. The van der Waals surface area contributed by atoms with Gasteiger partial charge in [0.25, 0.3) is 5.91 Å². The number of carbonyl (C=O) groups excluding carboxylic acids is 2. The van der Waals surface area contributed by atoms with Gasteiger partial charge >= 0.3 is 0 Å². The summed E-state index contributed by atoms with van der Waals surface area (Å²) in [4.78, 5) is 28.4. The lowest BCUT2D eigenvalue weighted by molar-refractivity contribution is -0.117. The van der Waals surface area contributed by atoms with E-state index in [1.165, 1.54) is 0 Å². The lowest BCUT2D eigenvalue weighted by atomic mass is 10.1. The number of hydrogen-bond acceptors (Lipinski definition) is 3. The van der Waals surface area contributed by atoms with Crippen molar-refractivity contribution >= 4 is 17.5 Å². The number of amides is 2. The number of nitrogens with zero attached hydrogens (tertiary/aromatic N) is 2. The molecule has 1 aliphatic heterocycles. The van der Waals surface area contributed by atoms with Crippen LogP contribution in [0.4, 0.5) is 5.69 Å². The fraction of sp³-hybridized carbons (Fsp3) is 0.333. The molecule has 2 aromatic carbocycles. The van der Waals surface area contributed by atoms with Crippen LogP contribution in [0, 0.1) is 0 Å². The van der Waals surface area contributed by atoms with E-state index in [9.17, 15) is 9.59 Å². The summed E-state index contributed by atoms with van der Waals surface area (Å²) in [6.07, 6.45) is 1.50. The number of carbonyl (C=O) groups is 2. The van der Waals surface area contributed by atoms with Gasteiger partial charge in [0.05, 0.1) is 6.04 Å².